The fraction of sp³-hybridized carbons (Fsp3) is 0.591. The van der Waals surface area contributed by atoms with Gasteiger partial charge in [0.25, 0.3) is 5.91 Å². The van der Waals surface area contributed by atoms with Crippen LogP contribution in [0, 0.1) is 0 Å². The minimum atomic E-state index is -0.526. The molecule has 4 heterocycles. The molecule has 1 atom stereocenters. The first-order valence-electron chi connectivity index (χ1n) is 10.9. The lowest BCUT2D eigenvalue weighted by atomic mass is 10.0. The van der Waals surface area contributed by atoms with E-state index in [2.05, 4.69) is 0 Å². The van der Waals surface area contributed by atoms with Gasteiger partial charge >= 0.3 is 0 Å². The Hall–Kier alpha value is -2.45. The normalized spacial score (nSPS) is 25.1. The second kappa shape index (κ2) is 7.35. The molecule has 0 aromatic heterocycles. The molecule has 0 bridgehead atoms. The molecular formula is C22H27N3O5. The molecule has 1 aromatic rings. The molecule has 0 aliphatic carbocycles. The molecule has 0 radical (unpaired) electrons. The second-order valence-corrected chi connectivity index (χ2v) is 8.41. The van der Waals surface area contributed by atoms with Gasteiger partial charge in [-0.2, -0.15) is 0 Å². The maximum absolute atomic E-state index is 13.2. The Morgan fingerprint density at radius 2 is 1.87 bits per heavy atom. The number of piperidine rings is 1. The fourth-order valence-corrected chi connectivity index (χ4v) is 5.07. The van der Waals surface area contributed by atoms with Gasteiger partial charge in [-0.1, -0.05) is 6.92 Å². The Bertz CT molecular complexity index is 885. The number of anilines is 2. The highest BCUT2D eigenvalue weighted by Crippen LogP contribution is 2.41. The molecule has 30 heavy (non-hydrogen) atoms. The van der Waals surface area contributed by atoms with E-state index in [4.69, 9.17) is 9.47 Å². The van der Waals surface area contributed by atoms with Gasteiger partial charge in [0.05, 0.1) is 24.6 Å². The van der Waals surface area contributed by atoms with Crippen molar-refractivity contribution in [3.8, 4) is 0 Å². The van der Waals surface area contributed by atoms with Crippen LogP contribution in [0.15, 0.2) is 18.2 Å². The number of amides is 3. The summed E-state index contributed by atoms with van der Waals surface area (Å²) in [5, 5.41) is 0. The first-order valence-corrected chi connectivity index (χ1v) is 10.9. The predicted octanol–water partition coefficient (Wildman–Crippen LogP) is 1.92. The highest BCUT2D eigenvalue weighted by molar-refractivity contribution is 6.15. The third kappa shape index (κ3) is 3.01. The van der Waals surface area contributed by atoms with Crippen molar-refractivity contribution in [2.75, 3.05) is 42.6 Å². The minimum Gasteiger partial charge on any atom is -0.347 e. The average Bonchev–Trinajstić information content (AvgIpc) is 3.38. The zero-order valence-corrected chi connectivity index (χ0v) is 17.3. The van der Waals surface area contributed by atoms with E-state index in [-0.39, 0.29) is 17.7 Å². The molecule has 8 heteroatoms. The average molecular weight is 413 g/mol. The van der Waals surface area contributed by atoms with Crippen molar-refractivity contribution in [2.45, 2.75) is 50.9 Å². The monoisotopic (exact) mass is 413 g/mol. The molecular weight excluding hydrogens is 386 g/mol. The number of fused-ring (bicyclic) bond motifs is 3. The topological polar surface area (TPSA) is 79.4 Å². The Morgan fingerprint density at radius 1 is 1.13 bits per heavy atom. The second-order valence-electron chi connectivity index (χ2n) is 8.41. The number of carbonyl (C=O) groups excluding carboxylic acids is 3. The Labute approximate surface area is 175 Å². The summed E-state index contributed by atoms with van der Waals surface area (Å²) in [5.41, 5.74) is 1.93. The van der Waals surface area contributed by atoms with Crippen LogP contribution in [0.25, 0.3) is 0 Å². The van der Waals surface area contributed by atoms with Gasteiger partial charge in [-0.3, -0.25) is 19.3 Å². The molecule has 1 spiro atoms. The van der Waals surface area contributed by atoms with Gasteiger partial charge < -0.3 is 19.3 Å². The van der Waals surface area contributed by atoms with Gasteiger partial charge in [0.15, 0.2) is 5.79 Å². The molecule has 4 aliphatic heterocycles. The van der Waals surface area contributed by atoms with E-state index >= 15 is 0 Å². The Balaban J connectivity index is 1.42. The van der Waals surface area contributed by atoms with Gasteiger partial charge in [0.2, 0.25) is 11.8 Å². The van der Waals surface area contributed by atoms with Gasteiger partial charge in [0.1, 0.15) is 6.04 Å². The molecule has 0 unspecified atom stereocenters. The van der Waals surface area contributed by atoms with Crippen LogP contribution in [0.1, 0.15) is 49.4 Å². The first kappa shape index (κ1) is 19.5. The molecule has 3 saturated heterocycles. The maximum Gasteiger partial charge on any atom is 0.253 e. The van der Waals surface area contributed by atoms with Crippen LogP contribution in [0.4, 0.5) is 11.4 Å². The molecule has 5 rings (SSSR count). The lowest BCUT2D eigenvalue weighted by Gasteiger charge is -2.39. The summed E-state index contributed by atoms with van der Waals surface area (Å²) >= 11 is 0. The molecule has 4 aliphatic rings. The van der Waals surface area contributed by atoms with E-state index in [0.717, 1.165) is 12.1 Å². The number of carbonyl (C=O) groups is 3. The standard InChI is InChI=1S/C22H27N3O5/c1-2-9-24-18-14-15(3-4-16(18)25-17(21(24)28)5-6-19(25)26)20(27)23-10-7-22(8-11-23)29-12-13-30-22/h3-4,14,17H,2,5-13H2,1H3/t17-/m0/s1. The summed E-state index contributed by atoms with van der Waals surface area (Å²) in [6.07, 6.45) is 3.06. The van der Waals surface area contributed by atoms with E-state index in [1.807, 2.05) is 17.9 Å². The van der Waals surface area contributed by atoms with Gasteiger partial charge in [0, 0.05) is 44.5 Å². The van der Waals surface area contributed by atoms with Crippen molar-refractivity contribution in [1.82, 2.24) is 4.90 Å². The van der Waals surface area contributed by atoms with Crippen LogP contribution < -0.4 is 9.80 Å². The van der Waals surface area contributed by atoms with Crippen LogP contribution in [-0.2, 0) is 19.1 Å². The Kier molecular flexibility index (Phi) is 4.78. The zero-order chi connectivity index (χ0) is 20.9. The molecule has 1 aromatic carbocycles. The number of ether oxygens (including phenoxy) is 2. The van der Waals surface area contributed by atoms with E-state index in [1.54, 1.807) is 21.9 Å². The summed E-state index contributed by atoms with van der Waals surface area (Å²) in [7, 11) is 0. The van der Waals surface area contributed by atoms with Crippen molar-refractivity contribution >= 4 is 29.1 Å². The van der Waals surface area contributed by atoms with Gasteiger partial charge in [-0.25, -0.2) is 0 Å². The smallest absolute Gasteiger partial charge is 0.253 e. The lowest BCUT2D eigenvalue weighted by molar-refractivity contribution is -0.181. The zero-order valence-electron chi connectivity index (χ0n) is 17.3. The number of hydrogen-bond acceptors (Lipinski definition) is 5. The van der Waals surface area contributed by atoms with Crippen LogP contribution in [-0.4, -0.2) is 67.3 Å². The highest BCUT2D eigenvalue weighted by Gasteiger charge is 2.45. The predicted molar refractivity (Wildman–Crippen MR) is 109 cm³/mol. The lowest BCUT2D eigenvalue weighted by Crippen LogP contribution is -2.52. The summed E-state index contributed by atoms with van der Waals surface area (Å²) in [5.74, 6) is -0.662. The highest BCUT2D eigenvalue weighted by atomic mass is 16.7. The van der Waals surface area contributed by atoms with E-state index in [1.165, 1.54) is 0 Å². The number of benzene rings is 1. The summed E-state index contributed by atoms with van der Waals surface area (Å²) < 4.78 is 11.5. The van der Waals surface area contributed by atoms with Crippen LogP contribution >= 0.6 is 0 Å². The van der Waals surface area contributed by atoms with E-state index in [0.29, 0.717) is 69.8 Å². The number of hydrogen-bond donors (Lipinski definition) is 0. The largest absolute Gasteiger partial charge is 0.347 e. The molecule has 3 amide bonds. The molecule has 0 N–H and O–H groups in total. The number of nitrogens with zero attached hydrogens (tertiary/aromatic N) is 3. The van der Waals surface area contributed by atoms with E-state index < -0.39 is 11.8 Å². The molecule has 0 saturated carbocycles. The molecule has 8 nitrogen and oxygen atoms in total. The first-order chi connectivity index (χ1) is 14.5. The maximum atomic E-state index is 13.2. The number of rotatable bonds is 3. The number of likely N-dealkylation sites (tertiary alicyclic amines) is 1. The van der Waals surface area contributed by atoms with E-state index in [9.17, 15) is 14.4 Å². The van der Waals surface area contributed by atoms with Gasteiger partial charge in [-0.15, -0.1) is 0 Å². The summed E-state index contributed by atoms with van der Waals surface area (Å²) in [4.78, 5) is 43.8. The van der Waals surface area contributed by atoms with Gasteiger partial charge in [-0.05, 0) is 31.0 Å². The fourth-order valence-electron chi connectivity index (χ4n) is 5.07. The minimum absolute atomic E-state index is 0.0253. The third-order valence-electron chi connectivity index (χ3n) is 6.61. The van der Waals surface area contributed by atoms with Crippen LogP contribution in [0.3, 0.4) is 0 Å². The third-order valence-corrected chi connectivity index (χ3v) is 6.61. The van der Waals surface area contributed by atoms with Crippen LogP contribution in [0.2, 0.25) is 0 Å². The molecule has 160 valence electrons. The summed E-state index contributed by atoms with van der Waals surface area (Å²) in [6.45, 7) is 4.95. The van der Waals surface area contributed by atoms with Crippen molar-refractivity contribution in [1.29, 1.82) is 0 Å². The van der Waals surface area contributed by atoms with Crippen LogP contribution in [0.5, 0.6) is 0 Å². The molecule has 3 fully saturated rings. The van der Waals surface area contributed by atoms with Crippen molar-refractivity contribution in [2.24, 2.45) is 0 Å². The summed E-state index contributed by atoms with van der Waals surface area (Å²) in [6, 6.07) is 4.96. The van der Waals surface area contributed by atoms with Crippen molar-refractivity contribution in [3.05, 3.63) is 23.8 Å². The van der Waals surface area contributed by atoms with Crippen molar-refractivity contribution in [3.63, 3.8) is 0 Å². The Morgan fingerprint density at radius 3 is 2.57 bits per heavy atom. The quantitative estimate of drug-likeness (QED) is 0.757. The van der Waals surface area contributed by atoms with Crippen molar-refractivity contribution < 1.29 is 23.9 Å². The SMILES string of the molecule is CCCN1C(=O)[C@@H]2CCC(=O)N2c2ccc(C(=O)N3CCC4(CC3)OCCO4)cc21.